The molecule has 5 rings (SSSR count). The fourth-order valence-corrected chi connectivity index (χ4v) is 5.50. The Kier molecular flexibility index (Phi) is 8.03. The Morgan fingerprint density at radius 1 is 0.829 bits per heavy atom. The Labute approximate surface area is 242 Å². The SMILES string of the molecule is Cc1ccc(C(=O)Oc2ccc(C(=O)CN(C(=O)c3ccc(Cl)cc3)N3C(=O)[C@@H]4CC[C@@H](C)C[C@H]4C3=O)cc2)cc1. The highest BCUT2D eigenvalue weighted by molar-refractivity contribution is 6.30. The van der Waals surface area contributed by atoms with Crippen LogP contribution in [0.1, 0.15) is 62.8 Å². The molecule has 0 unspecified atom stereocenters. The predicted octanol–water partition coefficient (Wildman–Crippen LogP) is 5.53. The number of benzene rings is 3. The topological polar surface area (TPSA) is 101 Å². The third-order valence-corrected chi connectivity index (χ3v) is 7.95. The number of carbonyl (C=O) groups is 5. The van der Waals surface area contributed by atoms with E-state index >= 15 is 0 Å². The Morgan fingerprint density at radius 3 is 2.07 bits per heavy atom. The van der Waals surface area contributed by atoms with E-state index in [1.54, 1.807) is 24.3 Å². The number of aryl methyl sites for hydroxylation is 1. The van der Waals surface area contributed by atoms with Gasteiger partial charge < -0.3 is 4.74 Å². The minimum atomic E-state index is -0.660. The van der Waals surface area contributed by atoms with Crippen molar-refractivity contribution in [2.24, 2.45) is 17.8 Å². The number of halogens is 1. The van der Waals surface area contributed by atoms with E-state index in [1.807, 2.05) is 13.8 Å². The summed E-state index contributed by atoms with van der Waals surface area (Å²) in [6.07, 6.45) is 1.94. The van der Waals surface area contributed by atoms with Crippen LogP contribution in [0.2, 0.25) is 5.02 Å². The molecule has 3 atom stereocenters. The van der Waals surface area contributed by atoms with E-state index in [9.17, 15) is 24.0 Å². The molecule has 8 nitrogen and oxygen atoms in total. The van der Waals surface area contributed by atoms with Gasteiger partial charge in [-0.3, -0.25) is 19.2 Å². The van der Waals surface area contributed by atoms with E-state index < -0.39 is 47.9 Å². The lowest BCUT2D eigenvalue weighted by Crippen LogP contribution is -2.52. The molecule has 1 aliphatic heterocycles. The summed E-state index contributed by atoms with van der Waals surface area (Å²) in [7, 11) is 0. The number of Topliss-reactive ketones (excluding diaryl/α,β-unsaturated/α-hetero) is 1. The molecule has 1 saturated heterocycles. The number of hydrogen-bond acceptors (Lipinski definition) is 6. The Hall–Kier alpha value is -4.30. The van der Waals surface area contributed by atoms with Gasteiger partial charge in [0, 0.05) is 16.1 Å². The maximum Gasteiger partial charge on any atom is 0.343 e. The fourth-order valence-electron chi connectivity index (χ4n) is 5.38. The average molecular weight is 573 g/mol. The van der Waals surface area contributed by atoms with Crippen LogP contribution in [0.25, 0.3) is 0 Å². The third-order valence-electron chi connectivity index (χ3n) is 7.70. The number of carbonyl (C=O) groups excluding carboxylic acids is 5. The molecule has 0 spiro atoms. The van der Waals surface area contributed by atoms with Gasteiger partial charge in [0.15, 0.2) is 5.78 Å². The van der Waals surface area contributed by atoms with Gasteiger partial charge in [-0.1, -0.05) is 36.2 Å². The highest BCUT2D eigenvalue weighted by atomic mass is 35.5. The number of imide groups is 1. The second-order valence-electron chi connectivity index (χ2n) is 10.7. The molecule has 0 bridgehead atoms. The zero-order valence-electron chi connectivity index (χ0n) is 22.7. The van der Waals surface area contributed by atoms with Crippen molar-refractivity contribution in [1.82, 2.24) is 10.0 Å². The molecule has 3 aromatic carbocycles. The minimum Gasteiger partial charge on any atom is -0.423 e. The van der Waals surface area contributed by atoms with Gasteiger partial charge in [0.1, 0.15) is 12.3 Å². The van der Waals surface area contributed by atoms with Crippen molar-refractivity contribution in [3.63, 3.8) is 0 Å². The van der Waals surface area contributed by atoms with Crippen LogP contribution in [-0.2, 0) is 9.59 Å². The predicted molar refractivity (Wildman–Crippen MR) is 151 cm³/mol. The molecule has 3 amide bonds. The largest absolute Gasteiger partial charge is 0.423 e. The van der Waals surface area contributed by atoms with Gasteiger partial charge in [0.05, 0.1) is 17.4 Å². The lowest BCUT2D eigenvalue weighted by molar-refractivity contribution is -0.154. The molecule has 2 fully saturated rings. The Bertz CT molecular complexity index is 1500. The van der Waals surface area contributed by atoms with Crippen LogP contribution in [0.3, 0.4) is 0 Å². The Morgan fingerprint density at radius 2 is 1.41 bits per heavy atom. The third kappa shape index (κ3) is 5.93. The summed E-state index contributed by atoms with van der Waals surface area (Å²) in [5.74, 6) is -3.09. The van der Waals surface area contributed by atoms with Gasteiger partial charge in [0.25, 0.3) is 17.7 Å². The van der Waals surface area contributed by atoms with Crippen molar-refractivity contribution in [1.29, 1.82) is 0 Å². The van der Waals surface area contributed by atoms with Gasteiger partial charge in [0.2, 0.25) is 0 Å². The highest BCUT2D eigenvalue weighted by Crippen LogP contribution is 2.41. The average Bonchev–Trinajstić information content (AvgIpc) is 3.20. The molecular formula is C32H29ClN2O6. The second kappa shape index (κ2) is 11.7. The van der Waals surface area contributed by atoms with E-state index in [0.717, 1.165) is 22.0 Å². The Balaban J connectivity index is 1.37. The number of fused-ring (bicyclic) bond motifs is 1. The van der Waals surface area contributed by atoms with Crippen LogP contribution in [-0.4, -0.2) is 46.0 Å². The molecule has 3 aromatic rings. The number of rotatable bonds is 7. The van der Waals surface area contributed by atoms with E-state index in [0.29, 0.717) is 23.4 Å². The first-order chi connectivity index (χ1) is 19.6. The van der Waals surface area contributed by atoms with Crippen LogP contribution in [0.15, 0.2) is 72.8 Å². The molecule has 1 aliphatic carbocycles. The molecule has 1 heterocycles. The molecule has 0 N–H and O–H groups in total. The first-order valence-electron chi connectivity index (χ1n) is 13.5. The summed E-state index contributed by atoms with van der Waals surface area (Å²) >= 11 is 5.99. The lowest BCUT2D eigenvalue weighted by Gasteiger charge is -2.30. The van der Waals surface area contributed by atoms with Crippen molar-refractivity contribution in [2.75, 3.05) is 6.54 Å². The van der Waals surface area contributed by atoms with Gasteiger partial charge in [-0.25, -0.2) is 9.80 Å². The highest BCUT2D eigenvalue weighted by Gasteiger charge is 2.52. The van der Waals surface area contributed by atoms with Crippen LogP contribution in [0.4, 0.5) is 0 Å². The molecule has 210 valence electrons. The minimum absolute atomic E-state index is 0.185. The van der Waals surface area contributed by atoms with Crippen LogP contribution < -0.4 is 4.74 Å². The smallest absolute Gasteiger partial charge is 0.343 e. The number of amides is 3. The van der Waals surface area contributed by atoms with Crippen molar-refractivity contribution < 1.29 is 28.7 Å². The zero-order chi connectivity index (χ0) is 29.3. The van der Waals surface area contributed by atoms with Crippen molar-refractivity contribution in [2.45, 2.75) is 33.1 Å². The summed E-state index contributed by atoms with van der Waals surface area (Å²) in [6, 6.07) is 18.9. The molecular weight excluding hydrogens is 544 g/mol. The summed E-state index contributed by atoms with van der Waals surface area (Å²) in [5.41, 5.74) is 1.81. The fraction of sp³-hybridized carbons (Fsp3) is 0.281. The molecule has 41 heavy (non-hydrogen) atoms. The quantitative estimate of drug-likeness (QED) is 0.160. The van der Waals surface area contributed by atoms with Gasteiger partial charge in [-0.2, -0.15) is 5.01 Å². The first-order valence-corrected chi connectivity index (χ1v) is 13.9. The van der Waals surface area contributed by atoms with E-state index in [4.69, 9.17) is 16.3 Å². The molecule has 0 radical (unpaired) electrons. The van der Waals surface area contributed by atoms with E-state index in [2.05, 4.69) is 0 Å². The van der Waals surface area contributed by atoms with Crippen molar-refractivity contribution >= 4 is 41.1 Å². The number of hydrazine groups is 1. The van der Waals surface area contributed by atoms with Gasteiger partial charge >= 0.3 is 5.97 Å². The molecule has 1 saturated carbocycles. The monoisotopic (exact) mass is 572 g/mol. The zero-order valence-corrected chi connectivity index (χ0v) is 23.5. The maximum absolute atomic E-state index is 13.6. The van der Waals surface area contributed by atoms with Gasteiger partial charge in [-0.05, 0) is 92.8 Å². The number of esters is 1. The summed E-state index contributed by atoms with van der Waals surface area (Å²) in [6.45, 7) is 3.42. The number of nitrogens with zero attached hydrogens (tertiary/aromatic N) is 2. The maximum atomic E-state index is 13.6. The van der Waals surface area contributed by atoms with E-state index in [-0.39, 0.29) is 22.8 Å². The number of hydrogen-bond donors (Lipinski definition) is 0. The summed E-state index contributed by atoms with van der Waals surface area (Å²) in [4.78, 5) is 66.3. The standard InChI is InChI=1S/C32H29ClN2O6/c1-19-3-6-23(7-4-19)32(40)41-25-14-10-21(11-15-25)28(36)18-34(29(37)22-8-12-24(33)13-9-22)35-30(38)26-16-5-20(2)17-27(26)31(35)39/h3-4,6-15,20,26-27H,5,16-18H2,1-2H3/t20-,26-,27-/m1/s1. The summed E-state index contributed by atoms with van der Waals surface area (Å²) in [5, 5.41) is 2.24. The van der Waals surface area contributed by atoms with Gasteiger partial charge in [-0.15, -0.1) is 0 Å². The molecule has 0 aromatic heterocycles. The van der Waals surface area contributed by atoms with Crippen LogP contribution in [0, 0.1) is 24.7 Å². The second-order valence-corrected chi connectivity index (χ2v) is 11.1. The van der Waals surface area contributed by atoms with Crippen molar-refractivity contribution in [3.8, 4) is 5.75 Å². The molecule has 9 heteroatoms. The number of ether oxygens (including phenoxy) is 1. The van der Waals surface area contributed by atoms with Crippen molar-refractivity contribution in [3.05, 3.63) is 100 Å². The van der Waals surface area contributed by atoms with Crippen LogP contribution in [0.5, 0.6) is 5.75 Å². The lowest BCUT2D eigenvalue weighted by atomic mass is 9.76. The van der Waals surface area contributed by atoms with E-state index in [1.165, 1.54) is 48.5 Å². The first kappa shape index (κ1) is 28.2. The summed E-state index contributed by atoms with van der Waals surface area (Å²) < 4.78 is 5.41. The van der Waals surface area contributed by atoms with Crippen LogP contribution >= 0.6 is 11.6 Å². The molecule has 2 aliphatic rings. The number of ketones is 1. The normalized spacial score (nSPS) is 20.0.